The van der Waals surface area contributed by atoms with E-state index in [4.69, 9.17) is 18.9 Å². The van der Waals surface area contributed by atoms with E-state index in [9.17, 15) is 19.5 Å². The summed E-state index contributed by atoms with van der Waals surface area (Å²) in [6.07, 6.45) is -1.04. The van der Waals surface area contributed by atoms with E-state index in [0.717, 1.165) is 6.07 Å². The highest BCUT2D eigenvalue weighted by Crippen LogP contribution is 2.35. The van der Waals surface area contributed by atoms with Gasteiger partial charge < -0.3 is 29.4 Å². The predicted octanol–water partition coefficient (Wildman–Crippen LogP) is 7.47. The standard InChI is InChI=1S/C32H40FN3O8/c1-10-41-24-16-20(11-12-23(24)42-18(2)3)26(28(37)38)35-21-15-19-13-14-34-27(25(19)22(33)17-21)36(29(39)43-31(4,5)6)30(40)44-32(7,8)9/h11-18,26,35H,10H2,1-9H3,(H,37,38). The van der Waals surface area contributed by atoms with Crippen molar-refractivity contribution in [2.75, 3.05) is 16.8 Å². The third-order valence-electron chi connectivity index (χ3n) is 5.68. The zero-order valence-electron chi connectivity index (χ0n) is 26.5. The fourth-order valence-corrected chi connectivity index (χ4v) is 4.14. The Bertz CT molecular complexity index is 1500. The average Bonchev–Trinajstić information content (AvgIpc) is 2.86. The van der Waals surface area contributed by atoms with Gasteiger partial charge in [0.15, 0.2) is 23.4 Å². The van der Waals surface area contributed by atoms with Gasteiger partial charge in [-0.15, -0.1) is 0 Å². The first kappa shape index (κ1) is 33.9. The van der Waals surface area contributed by atoms with E-state index in [-0.39, 0.29) is 28.4 Å². The van der Waals surface area contributed by atoms with E-state index in [0.29, 0.717) is 28.6 Å². The summed E-state index contributed by atoms with van der Waals surface area (Å²) in [5.74, 6) is -1.60. The lowest BCUT2D eigenvalue weighted by atomic mass is 10.0. The Kier molecular flexibility index (Phi) is 10.3. The monoisotopic (exact) mass is 613 g/mol. The van der Waals surface area contributed by atoms with Crippen LogP contribution in [0.25, 0.3) is 10.8 Å². The van der Waals surface area contributed by atoms with Crippen molar-refractivity contribution in [2.45, 2.75) is 85.7 Å². The lowest BCUT2D eigenvalue weighted by Crippen LogP contribution is -2.44. The highest BCUT2D eigenvalue weighted by atomic mass is 19.1. The number of aliphatic carboxylic acids is 1. The van der Waals surface area contributed by atoms with E-state index >= 15 is 4.39 Å². The number of nitrogens with one attached hydrogen (secondary N) is 1. The minimum Gasteiger partial charge on any atom is -0.490 e. The number of nitrogens with zero attached hydrogens (tertiary/aromatic N) is 2. The summed E-state index contributed by atoms with van der Waals surface area (Å²) in [5, 5.41) is 13.0. The fraction of sp³-hybridized carbons (Fsp3) is 0.438. The first-order valence-corrected chi connectivity index (χ1v) is 14.2. The fourth-order valence-electron chi connectivity index (χ4n) is 4.14. The number of rotatable bonds is 9. The number of halogens is 1. The maximum Gasteiger partial charge on any atom is 0.425 e. The average molecular weight is 614 g/mol. The van der Waals surface area contributed by atoms with Crippen LogP contribution in [0.1, 0.15) is 73.9 Å². The van der Waals surface area contributed by atoms with Crippen LogP contribution < -0.4 is 19.7 Å². The number of pyridine rings is 1. The molecular formula is C32H40FN3O8. The van der Waals surface area contributed by atoms with Crippen molar-refractivity contribution < 1.29 is 42.8 Å². The van der Waals surface area contributed by atoms with Gasteiger partial charge in [0.1, 0.15) is 17.0 Å². The number of carbonyl (C=O) groups is 3. The van der Waals surface area contributed by atoms with Gasteiger partial charge in [0.2, 0.25) is 0 Å². The number of anilines is 2. The van der Waals surface area contributed by atoms with Gasteiger partial charge in [-0.2, -0.15) is 4.90 Å². The quantitative estimate of drug-likeness (QED) is 0.250. The summed E-state index contributed by atoms with van der Waals surface area (Å²) in [5.41, 5.74) is -1.50. The molecule has 1 heterocycles. The highest BCUT2D eigenvalue weighted by Gasteiger charge is 2.35. The largest absolute Gasteiger partial charge is 0.490 e. The third-order valence-corrected chi connectivity index (χ3v) is 5.68. The van der Waals surface area contributed by atoms with Gasteiger partial charge in [-0.25, -0.2) is 23.8 Å². The summed E-state index contributed by atoms with van der Waals surface area (Å²) in [7, 11) is 0. The van der Waals surface area contributed by atoms with E-state index in [1.165, 1.54) is 18.3 Å². The van der Waals surface area contributed by atoms with Crippen molar-refractivity contribution in [1.29, 1.82) is 0 Å². The van der Waals surface area contributed by atoms with E-state index in [1.54, 1.807) is 66.7 Å². The van der Waals surface area contributed by atoms with Crippen LogP contribution in [-0.4, -0.2) is 52.2 Å². The molecule has 0 aliphatic heterocycles. The highest BCUT2D eigenvalue weighted by molar-refractivity contribution is 6.14. The number of imide groups is 1. The normalized spacial score (nSPS) is 12.4. The molecule has 3 aromatic rings. The minimum absolute atomic E-state index is 0.126. The van der Waals surface area contributed by atoms with Crippen molar-refractivity contribution >= 4 is 40.4 Å². The molecule has 2 aromatic carbocycles. The molecule has 0 aliphatic rings. The van der Waals surface area contributed by atoms with Gasteiger partial charge in [-0.1, -0.05) is 6.07 Å². The van der Waals surface area contributed by atoms with Crippen LogP contribution in [0.3, 0.4) is 0 Å². The van der Waals surface area contributed by atoms with Gasteiger partial charge in [0.05, 0.1) is 18.1 Å². The van der Waals surface area contributed by atoms with E-state index in [1.807, 2.05) is 13.8 Å². The molecule has 1 unspecified atom stereocenters. The lowest BCUT2D eigenvalue weighted by molar-refractivity contribution is -0.138. The molecule has 44 heavy (non-hydrogen) atoms. The molecule has 0 saturated heterocycles. The van der Waals surface area contributed by atoms with Crippen molar-refractivity contribution in [3.8, 4) is 11.5 Å². The molecule has 0 aliphatic carbocycles. The Morgan fingerprint density at radius 2 is 1.57 bits per heavy atom. The van der Waals surface area contributed by atoms with E-state index < -0.39 is 41.2 Å². The summed E-state index contributed by atoms with van der Waals surface area (Å²) in [6, 6.07) is 7.50. The van der Waals surface area contributed by atoms with Gasteiger partial charge in [-0.3, -0.25) is 0 Å². The molecular weight excluding hydrogens is 573 g/mol. The van der Waals surface area contributed by atoms with Crippen LogP contribution in [-0.2, 0) is 14.3 Å². The van der Waals surface area contributed by atoms with Gasteiger partial charge in [0.25, 0.3) is 0 Å². The number of fused-ring (bicyclic) bond motifs is 1. The first-order chi connectivity index (χ1) is 20.4. The predicted molar refractivity (Wildman–Crippen MR) is 164 cm³/mol. The topological polar surface area (TPSA) is 137 Å². The second-order valence-corrected chi connectivity index (χ2v) is 12.2. The molecule has 238 valence electrons. The summed E-state index contributed by atoms with van der Waals surface area (Å²) in [6.45, 7) is 15.6. The molecule has 0 bridgehead atoms. The number of amides is 2. The van der Waals surface area contributed by atoms with Gasteiger partial charge in [0, 0.05) is 11.9 Å². The molecule has 0 saturated carbocycles. The molecule has 0 radical (unpaired) electrons. The van der Waals surface area contributed by atoms with Crippen molar-refractivity contribution in [2.24, 2.45) is 0 Å². The van der Waals surface area contributed by atoms with Crippen LogP contribution >= 0.6 is 0 Å². The van der Waals surface area contributed by atoms with Crippen LogP contribution in [0.5, 0.6) is 11.5 Å². The number of carboxylic acids is 1. The second kappa shape index (κ2) is 13.4. The number of carboxylic acid groups (broad SMARTS) is 1. The Labute approximate surface area is 256 Å². The summed E-state index contributed by atoms with van der Waals surface area (Å²) >= 11 is 0. The third kappa shape index (κ3) is 8.71. The SMILES string of the molecule is CCOc1cc(C(Nc2cc(F)c3c(N(C(=O)OC(C)(C)C)C(=O)OC(C)(C)C)nccc3c2)C(=O)O)ccc1OC(C)C. The number of carbonyl (C=O) groups excluding carboxylic acids is 2. The molecule has 1 aromatic heterocycles. The maximum atomic E-state index is 15.9. The lowest BCUT2D eigenvalue weighted by Gasteiger charge is -2.28. The number of ether oxygens (including phenoxy) is 4. The number of aromatic nitrogens is 1. The summed E-state index contributed by atoms with van der Waals surface area (Å²) < 4.78 is 38.1. The molecule has 11 nitrogen and oxygen atoms in total. The van der Waals surface area contributed by atoms with Crippen LogP contribution in [0.15, 0.2) is 42.6 Å². The minimum atomic E-state index is -1.29. The zero-order chi connectivity index (χ0) is 33.0. The number of hydrogen-bond donors (Lipinski definition) is 2. The first-order valence-electron chi connectivity index (χ1n) is 14.2. The Morgan fingerprint density at radius 1 is 0.955 bits per heavy atom. The van der Waals surface area contributed by atoms with Gasteiger partial charge in [-0.05, 0) is 104 Å². The second-order valence-electron chi connectivity index (χ2n) is 12.2. The maximum absolute atomic E-state index is 15.9. The molecule has 2 N–H and O–H groups in total. The van der Waals surface area contributed by atoms with Crippen LogP contribution in [0, 0.1) is 5.82 Å². The molecule has 0 spiro atoms. The van der Waals surface area contributed by atoms with Crippen LogP contribution in [0.4, 0.5) is 25.5 Å². The zero-order valence-corrected chi connectivity index (χ0v) is 26.5. The van der Waals surface area contributed by atoms with Crippen molar-refractivity contribution in [3.05, 3.63) is 54.0 Å². The van der Waals surface area contributed by atoms with Crippen LogP contribution in [0.2, 0.25) is 0 Å². The Balaban J connectivity index is 2.08. The molecule has 1 atom stereocenters. The molecule has 2 amide bonds. The van der Waals surface area contributed by atoms with E-state index in [2.05, 4.69) is 10.3 Å². The Hall–Kier alpha value is -4.61. The van der Waals surface area contributed by atoms with Crippen molar-refractivity contribution in [3.63, 3.8) is 0 Å². The molecule has 12 heteroatoms. The van der Waals surface area contributed by atoms with Gasteiger partial charge >= 0.3 is 18.2 Å². The number of benzene rings is 2. The molecule has 3 rings (SSSR count). The number of hydrogen-bond acceptors (Lipinski definition) is 9. The van der Waals surface area contributed by atoms with Crippen molar-refractivity contribution in [1.82, 2.24) is 4.98 Å². The Morgan fingerprint density at radius 3 is 2.09 bits per heavy atom. The molecule has 0 fully saturated rings. The summed E-state index contributed by atoms with van der Waals surface area (Å²) in [4.78, 5) is 43.4. The smallest absolute Gasteiger partial charge is 0.425 e.